The van der Waals surface area contributed by atoms with Crippen molar-refractivity contribution < 1.29 is 157 Å². The van der Waals surface area contributed by atoms with Gasteiger partial charge in [0, 0.05) is 90.0 Å². The predicted molar refractivity (Wildman–Crippen MR) is 260 cm³/mol. The third kappa shape index (κ3) is 20.5. The van der Waals surface area contributed by atoms with Gasteiger partial charge in [0.2, 0.25) is 5.91 Å². The van der Waals surface area contributed by atoms with Gasteiger partial charge in [0.05, 0.1) is 0 Å². The van der Waals surface area contributed by atoms with Crippen LogP contribution in [-0.2, 0) is 152 Å². The van der Waals surface area contributed by atoms with Crippen LogP contribution in [0.2, 0.25) is 0 Å². The zero-order chi connectivity index (χ0) is 63.0. The number of hydrogen-bond donors (Lipinski definition) is 2. The monoisotopic (exact) mass is 1210 g/mol. The van der Waals surface area contributed by atoms with Crippen LogP contribution in [-0.4, -0.2) is 232 Å². The summed E-state index contributed by atoms with van der Waals surface area (Å²) in [5.74, 6) is -13.1. The van der Waals surface area contributed by atoms with E-state index in [9.17, 15) is 67.4 Å². The Kier molecular flexibility index (Phi) is 26.1. The lowest BCUT2D eigenvalue weighted by Gasteiger charge is -2.51. The summed E-state index contributed by atoms with van der Waals surface area (Å²) in [6, 6.07) is -1.92. The van der Waals surface area contributed by atoms with E-state index >= 15 is 0 Å². The van der Waals surface area contributed by atoms with Crippen LogP contribution in [0.1, 0.15) is 90.0 Å². The molecule has 0 unspecified atom stereocenters. The lowest BCUT2D eigenvalue weighted by molar-refractivity contribution is -0.380. The summed E-state index contributed by atoms with van der Waals surface area (Å²) in [6.07, 6.45) is -36.7. The summed E-state index contributed by atoms with van der Waals surface area (Å²) in [5.41, 5.74) is 0. The molecule has 472 valence electrons. The smallest absolute Gasteiger partial charge is 0.303 e. The minimum absolute atomic E-state index is 0.742. The van der Waals surface area contributed by atoms with Crippen LogP contribution in [0, 0.1) is 0 Å². The lowest BCUT2D eigenvalue weighted by atomic mass is 9.93. The normalized spacial score (nSPS) is 32.7. The average Bonchev–Trinajstić information content (AvgIpc) is 2.53. The molecule has 2 N–H and O–H groups in total. The zero-order valence-corrected chi connectivity index (χ0v) is 47.9. The molecule has 0 bridgehead atoms. The number of hydrogen-bond acceptors (Lipinski definition) is 33. The number of carbonyl (C=O) groups excluding carboxylic acids is 13. The van der Waals surface area contributed by atoms with Crippen molar-refractivity contribution in [3.63, 3.8) is 0 Å². The zero-order valence-electron chi connectivity index (χ0n) is 47.9. The second kappa shape index (κ2) is 31.6. The molecule has 0 spiro atoms. The molecule has 84 heavy (non-hydrogen) atoms. The first-order valence-electron chi connectivity index (χ1n) is 25.7. The van der Waals surface area contributed by atoms with Crippen molar-refractivity contribution in [2.75, 3.05) is 26.4 Å². The largest absolute Gasteiger partial charge is 0.463 e. The van der Waals surface area contributed by atoms with Crippen LogP contribution in [0.4, 0.5) is 0 Å². The van der Waals surface area contributed by atoms with Crippen molar-refractivity contribution in [1.29, 1.82) is 0 Å². The van der Waals surface area contributed by atoms with Crippen molar-refractivity contribution in [3.05, 3.63) is 0 Å². The molecule has 34 heteroatoms. The average molecular weight is 1210 g/mol. The van der Waals surface area contributed by atoms with Crippen LogP contribution in [0.3, 0.4) is 0 Å². The van der Waals surface area contributed by atoms with Crippen LogP contribution in [0.5, 0.6) is 0 Å². The molecule has 0 saturated carbocycles. The lowest BCUT2D eigenvalue weighted by Crippen LogP contribution is -2.71. The maximum Gasteiger partial charge on any atom is 0.303 e. The molecule has 4 rings (SSSR count). The van der Waals surface area contributed by atoms with Crippen molar-refractivity contribution in [1.82, 2.24) is 5.32 Å². The second-order valence-electron chi connectivity index (χ2n) is 19.0. The highest BCUT2D eigenvalue weighted by molar-refractivity contribution is 5.74. The predicted octanol–water partition coefficient (Wildman–Crippen LogP) is -2.76. The molecular weight excluding hydrogens is 1140 g/mol. The number of aliphatic hydroxyl groups excluding tert-OH is 1. The van der Waals surface area contributed by atoms with E-state index in [4.69, 9.17) is 90.0 Å². The Labute approximate surface area is 478 Å². The molecule has 20 atom stereocenters. The van der Waals surface area contributed by atoms with E-state index in [-0.39, 0.29) is 0 Å². The van der Waals surface area contributed by atoms with Gasteiger partial charge in [-0.05, 0) is 0 Å². The van der Waals surface area contributed by atoms with Gasteiger partial charge in [0.1, 0.15) is 75.2 Å². The molecule has 0 aromatic heterocycles. The minimum Gasteiger partial charge on any atom is -0.463 e. The van der Waals surface area contributed by atoms with Gasteiger partial charge in [-0.2, -0.15) is 0 Å². The summed E-state index contributed by atoms with van der Waals surface area (Å²) in [4.78, 5) is 166. The van der Waals surface area contributed by atoms with E-state index in [1.807, 2.05) is 0 Å². The number of ether oxygens (including phenoxy) is 19. The SMILES string of the molecule is CC(=O)N[C@H]1[C@H](O[C@H]2[C@@H](OC(C)=O)[C@@H](COC(C)=O)O[C@@H](O[C@H]3[C@H](OC(C)=O)[C@@H](OC(C)=O)[C@H](O)O[C@@H]3COC(C)=O)[C@@H]2OC(C)=O)O[C@H](COC(C)=O)[C@@H](O[C@@H]2O[C@H](COC(C)=O)[C@H](OC(C)=O)[C@H](OC(C)=O)[C@H]2OC(C)=O)[C@@H]1OC(C)=O. The summed E-state index contributed by atoms with van der Waals surface area (Å²) in [5, 5.41) is 13.6. The molecule has 4 aliphatic heterocycles. The maximum absolute atomic E-state index is 13.4. The van der Waals surface area contributed by atoms with E-state index in [1.54, 1.807) is 0 Å². The second-order valence-corrected chi connectivity index (χ2v) is 19.0. The van der Waals surface area contributed by atoms with Crippen LogP contribution in [0.25, 0.3) is 0 Å². The Hall–Kier alpha value is -7.21. The first kappa shape index (κ1) is 69.3. The number of esters is 12. The first-order valence-corrected chi connectivity index (χ1v) is 25.7. The van der Waals surface area contributed by atoms with Gasteiger partial charge in [0.15, 0.2) is 74.0 Å². The van der Waals surface area contributed by atoms with Gasteiger partial charge in [0.25, 0.3) is 0 Å². The van der Waals surface area contributed by atoms with Crippen molar-refractivity contribution >= 4 is 77.5 Å². The van der Waals surface area contributed by atoms with Gasteiger partial charge in [-0.25, -0.2) is 0 Å². The van der Waals surface area contributed by atoms with E-state index in [0.29, 0.717) is 0 Å². The molecule has 0 aliphatic carbocycles. The number of aliphatic hydroxyl groups is 1. The number of amides is 1. The van der Waals surface area contributed by atoms with Gasteiger partial charge < -0.3 is 100 Å². The van der Waals surface area contributed by atoms with E-state index in [0.717, 1.165) is 90.0 Å². The molecule has 1 amide bonds. The van der Waals surface area contributed by atoms with Crippen molar-refractivity contribution in [3.8, 4) is 0 Å². The Morgan fingerprint density at radius 2 is 0.560 bits per heavy atom. The summed E-state index contributed by atoms with van der Waals surface area (Å²) < 4.78 is 110. The van der Waals surface area contributed by atoms with E-state index in [2.05, 4.69) is 5.32 Å². The van der Waals surface area contributed by atoms with Gasteiger partial charge in [-0.1, -0.05) is 0 Å². The molecule has 4 aliphatic rings. The standard InChI is InChI=1S/C50H69NO33/c1-18(52)51-35-40(72-25(8)59)36(82-49-45(76-29(12)63)42(74-27(10)61)37(70-23(6)57)33(80-49)16-68-21(4)55)32(15-67-20(3)54)79-48(35)84-43-38(71-24(7)58)34(17-69-22(5)56)81-50(46(43)77-30(13)64)83-39-31(14-66-19(2)53)78-47(65)44(75-28(11)62)41(39)73-26(9)60/h31-50,65H,14-17H2,1-13H3,(H,51,52)/t31-,32-,33-,34-,35-,36-,37+,38+,39-,40-,41+,42+,43+,44-,45-,46-,47-,48+,49+,50+/m1/s1. The molecular formula is C50H69NO33. The van der Waals surface area contributed by atoms with Gasteiger partial charge >= 0.3 is 71.6 Å². The highest BCUT2D eigenvalue weighted by Crippen LogP contribution is 2.39. The Morgan fingerprint density at radius 3 is 0.929 bits per heavy atom. The molecule has 4 fully saturated rings. The quantitative estimate of drug-likeness (QED) is 0.0773. The van der Waals surface area contributed by atoms with E-state index < -0.39 is 227 Å². The fourth-order valence-electron chi connectivity index (χ4n) is 9.16. The molecule has 0 radical (unpaired) electrons. The third-order valence-corrected chi connectivity index (χ3v) is 11.9. The van der Waals surface area contributed by atoms with Gasteiger partial charge in [-0.15, -0.1) is 0 Å². The fourth-order valence-corrected chi connectivity index (χ4v) is 9.16. The fraction of sp³-hybridized carbons (Fsp3) is 0.740. The number of rotatable bonds is 23. The van der Waals surface area contributed by atoms with Crippen LogP contribution in [0.15, 0.2) is 0 Å². The number of carbonyl (C=O) groups is 13. The number of nitrogens with one attached hydrogen (secondary N) is 1. The molecule has 0 aromatic rings. The van der Waals surface area contributed by atoms with E-state index in [1.165, 1.54) is 0 Å². The van der Waals surface area contributed by atoms with Crippen molar-refractivity contribution in [2.45, 2.75) is 213 Å². The highest BCUT2D eigenvalue weighted by atomic mass is 16.8. The van der Waals surface area contributed by atoms with Gasteiger partial charge in [-0.3, -0.25) is 62.3 Å². The maximum atomic E-state index is 13.4. The Bertz CT molecular complexity index is 2410. The molecule has 0 aromatic carbocycles. The summed E-state index contributed by atoms with van der Waals surface area (Å²) in [7, 11) is 0. The first-order chi connectivity index (χ1) is 39.3. The molecule has 4 saturated heterocycles. The summed E-state index contributed by atoms with van der Waals surface area (Å²) >= 11 is 0. The Morgan fingerprint density at radius 1 is 0.298 bits per heavy atom. The molecule has 34 nitrogen and oxygen atoms in total. The Balaban J connectivity index is 2.02. The summed E-state index contributed by atoms with van der Waals surface area (Å²) in [6.45, 7) is 9.14. The third-order valence-electron chi connectivity index (χ3n) is 11.9. The minimum atomic E-state index is -2.17. The van der Waals surface area contributed by atoms with Crippen molar-refractivity contribution in [2.24, 2.45) is 0 Å². The van der Waals surface area contributed by atoms with Crippen LogP contribution < -0.4 is 5.32 Å². The topological polar surface area (TPSA) is 430 Å². The molecule has 4 heterocycles. The van der Waals surface area contributed by atoms with Crippen LogP contribution >= 0.6 is 0 Å². The highest BCUT2D eigenvalue weighted by Gasteiger charge is 2.61.